The van der Waals surface area contributed by atoms with E-state index in [9.17, 15) is 13.2 Å². The van der Waals surface area contributed by atoms with Crippen LogP contribution in [0.4, 0.5) is 0 Å². The number of aromatic amines is 1. The van der Waals surface area contributed by atoms with Gasteiger partial charge in [-0.05, 0) is 36.4 Å². The maximum Gasteiger partial charge on any atom is 0.251 e. The molecule has 0 atom stereocenters. The molecule has 2 aromatic carbocycles. The quantitative estimate of drug-likeness (QED) is 0.553. The molecule has 0 aliphatic carbocycles. The zero-order chi connectivity index (χ0) is 18.6. The molecule has 3 N–H and O–H groups in total. The minimum Gasteiger partial charge on any atom is -0.345 e. The highest BCUT2D eigenvalue weighted by Gasteiger charge is 2.14. The van der Waals surface area contributed by atoms with Crippen molar-refractivity contribution in [3.8, 4) is 0 Å². The number of hydrogen-bond acceptors (Lipinski definition) is 4. The summed E-state index contributed by atoms with van der Waals surface area (Å²) in [6.07, 6.45) is 1.46. The van der Waals surface area contributed by atoms with Crippen molar-refractivity contribution in [1.29, 1.82) is 0 Å². The molecule has 0 unspecified atom stereocenters. The highest BCUT2D eigenvalue weighted by Crippen LogP contribution is 2.12. The van der Waals surface area contributed by atoms with Gasteiger partial charge in [-0.2, -0.15) is 0 Å². The summed E-state index contributed by atoms with van der Waals surface area (Å²) in [5.74, 6) is 0.334. The van der Waals surface area contributed by atoms with Crippen LogP contribution in [-0.4, -0.2) is 30.8 Å². The summed E-state index contributed by atoms with van der Waals surface area (Å²) in [5, 5.41) is 2.76. The van der Waals surface area contributed by atoms with Gasteiger partial charge in [0.25, 0.3) is 5.91 Å². The number of rotatable bonds is 7. The standard InChI is InChI=1S/C18H18N4O3S/c1-2-11-20-26(24,25)14-9-7-13(8-10-14)18(23)19-12-17-21-15-5-3-4-6-16(15)22-17/h2-10,20H,1,11-12H2,(H,19,23)(H,21,22). The largest absolute Gasteiger partial charge is 0.345 e. The van der Waals surface area contributed by atoms with Crippen molar-refractivity contribution in [3.63, 3.8) is 0 Å². The van der Waals surface area contributed by atoms with Gasteiger partial charge >= 0.3 is 0 Å². The third-order valence-electron chi connectivity index (χ3n) is 3.70. The van der Waals surface area contributed by atoms with Gasteiger partial charge in [-0.15, -0.1) is 6.58 Å². The first-order valence-electron chi connectivity index (χ1n) is 7.92. The monoisotopic (exact) mass is 370 g/mol. The van der Waals surface area contributed by atoms with Gasteiger partial charge in [0.05, 0.1) is 22.5 Å². The molecular formula is C18H18N4O3S. The van der Waals surface area contributed by atoms with Crippen molar-refractivity contribution in [2.75, 3.05) is 6.54 Å². The van der Waals surface area contributed by atoms with Crippen LogP contribution in [0.5, 0.6) is 0 Å². The molecule has 3 rings (SSSR count). The Kier molecular flexibility index (Phi) is 5.15. The Morgan fingerprint density at radius 1 is 1.15 bits per heavy atom. The summed E-state index contributed by atoms with van der Waals surface area (Å²) in [5.41, 5.74) is 2.10. The predicted octanol–water partition coefficient (Wildman–Crippen LogP) is 1.96. The molecule has 0 radical (unpaired) electrons. The number of imidazole rings is 1. The van der Waals surface area contributed by atoms with Gasteiger partial charge in [0.1, 0.15) is 5.82 Å². The maximum atomic E-state index is 12.2. The second-order valence-corrected chi connectivity index (χ2v) is 7.32. The molecule has 1 aromatic heterocycles. The Morgan fingerprint density at radius 2 is 1.88 bits per heavy atom. The second kappa shape index (κ2) is 7.51. The first-order valence-corrected chi connectivity index (χ1v) is 9.40. The number of para-hydroxylation sites is 2. The minimum atomic E-state index is -3.60. The van der Waals surface area contributed by atoms with Crippen LogP contribution >= 0.6 is 0 Å². The molecule has 3 aromatic rings. The van der Waals surface area contributed by atoms with E-state index in [4.69, 9.17) is 0 Å². The fourth-order valence-electron chi connectivity index (χ4n) is 2.39. The van der Waals surface area contributed by atoms with Crippen molar-refractivity contribution in [2.45, 2.75) is 11.4 Å². The minimum absolute atomic E-state index is 0.0909. The van der Waals surface area contributed by atoms with E-state index in [2.05, 4.69) is 26.6 Å². The maximum absolute atomic E-state index is 12.2. The van der Waals surface area contributed by atoms with Crippen LogP contribution in [0, 0.1) is 0 Å². The zero-order valence-corrected chi connectivity index (χ0v) is 14.7. The lowest BCUT2D eigenvalue weighted by molar-refractivity contribution is 0.0950. The third-order valence-corrected chi connectivity index (χ3v) is 5.14. The molecule has 0 saturated heterocycles. The summed E-state index contributed by atoms with van der Waals surface area (Å²) >= 11 is 0. The van der Waals surface area contributed by atoms with Crippen LogP contribution in [0.3, 0.4) is 0 Å². The number of nitrogens with one attached hydrogen (secondary N) is 3. The summed E-state index contributed by atoms with van der Waals surface area (Å²) in [7, 11) is -3.60. The molecule has 1 amide bonds. The Morgan fingerprint density at radius 3 is 2.58 bits per heavy atom. The SMILES string of the molecule is C=CCNS(=O)(=O)c1ccc(C(=O)NCc2nc3ccccc3[nH]2)cc1. The molecule has 7 nitrogen and oxygen atoms in total. The molecule has 0 fully saturated rings. The van der Waals surface area contributed by atoms with Crippen molar-refractivity contribution in [1.82, 2.24) is 20.0 Å². The number of H-pyrrole nitrogens is 1. The number of sulfonamides is 1. The van der Waals surface area contributed by atoms with E-state index < -0.39 is 10.0 Å². The molecule has 1 heterocycles. The summed E-state index contributed by atoms with van der Waals surface area (Å²) in [6.45, 7) is 3.85. The molecule has 0 aliphatic heterocycles. The lowest BCUT2D eigenvalue weighted by Crippen LogP contribution is -2.25. The van der Waals surface area contributed by atoms with Gasteiger partial charge in [-0.25, -0.2) is 18.1 Å². The zero-order valence-electron chi connectivity index (χ0n) is 13.9. The van der Waals surface area contributed by atoms with Crippen LogP contribution in [0.15, 0.2) is 66.1 Å². The van der Waals surface area contributed by atoms with Gasteiger partial charge in [0.15, 0.2) is 0 Å². The van der Waals surface area contributed by atoms with Crippen LogP contribution in [0.25, 0.3) is 11.0 Å². The number of fused-ring (bicyclic) bond motifs is 1. The first-order chi connectivity index (χ1) is 12.5. The normalized spacial score (nSPS) is 11.4. The van der Waals surface area contributed by atoms with Crippen LogP contribution < -0.4 is 10.0 Å². The summed E-state index contributed by atoms with van der Waals surface area (Å²) in [4.78, 5) is 19.8. The van der Waals surface area contributed by atoms with E-state index in [1.165, 1.54) is 30.3 Å². The van der Waals surface area contributed by atoms with Gasteiger partial charge in [-0.3, -0.25) is 4.79 Å². The lowest BCUT2D eigenvalue weighted by atomic mass is 10.2. The number of hydrogen-bond donors (Lipinski definition) is 3. The molecule has 0 saturated carbocycles. The Hall–Kier alpha value is -2.97. The van der Waals surface area contributed by atoms with Crippen molar-refractivity contribution >= 4 is 27.0 Å². The molecule has 134 valence electrons. The third kappa shape index (κ3) is 3.98. The fraction of sp³-hybridized carbons (Fsp3) is 0.111. The molecule has 0 spiro atoms. The average molecular weight is 370 g/mol. The van der Waals surface area contributed by atoms with Gasteiger partial charge in [0.2, 0.25) is 10.0 Å². The highest BCUT2D eigenvalue weighted by molar-refractivity contribution is 7.89. The van der Waals surface area contributed by atoms with Crippen LogP contribution in [0.2, 0.25) is 0 Å². The number of carbonyl (C=O) groups is 1. The van der Waals surface area contributed by atoms with Crippen LogP contribution in [-0.2, 0) is 16.6 Å². The Balaban J connectivity index is 1.65. The molecule has 26 heavy (non-hydrogen) atoms. The summed E-state index contributed by atoms with van der Waals surface area (Å²) < 4.78 is 26.4. The number of aromatic nitrogens is 2. The number of carbonyl (C=O) groups excluding carboxylic acids is 1. The first kappa shape index (κ1) is 17.8. The second-order valence-electron chi connectivity index (χ2n) is 5.55. The smallest absolute Gasteiger partial charge is 0.251 e. The van der Waals surface area contributed by atoms with Gasteiger partial charge in [-0.1, -0.05) is 18.2 Å². The summed E-state index contributed by atoms with van der Waals surface area (Å²) in [6, 6.07) is 13.3. The number of benzene rings is 2. The van der Waals surface area contributed by atoms with E-state index in [1.807, 2.05) is 24.3 Å². The van der Waals surface area contributed by atoms with Crippen LogP contribution in [0.1, 0.15) is 16.2 Å². The Labute approximate surface area is 151 Å². The van der Waals surface area contributed by atoms with Crippen molar-refractivity contribution in [2.24, 2.45) is 0 Å². The fourth-order valence-corrected chi connectivity index (χ4v) is 3.39. The van der Waals surface area contributed by atoms with E-state index >= 15 is 0 Å². The number of nitrogens with zero attached hydrogens (tertiary/aromatic N) is 1. The molecule has 0 bridgehead atoms. The predicted molar refractivity (Wildman–Crippen MR) is 99.1 cm³/mol. The molecular weight excluding hydrogens is 352 g/mol. The van der Waals surface area contributed by atoms with E-state index in [0.29, 0.717) is 11.4 Å². The van der Waals surface area contributed by atoms with Crippen molar-refractivity contribution in [3.05, 3.63) is 72.6 Å². The van der Waals surface area contributed by atoms with Gasteiger partial charge in [0, 0.05) is 12.1 Å². The highest BCUT2D eigenvalue weighted by atomic mass is 32.2. The van der Waals surface area contributed by atoms with E-state index in [1.54, 1.807) is 0 Å². The van der Waals surface area contributed by atoms with Crippen molar-refractivity contribution < 1.29 is 13.2 Å². The topological polar surface area (TPSA) is 104 Å². The van der Waals surface area contributed by atoms with E-state index in [0.717, 1.165) is 11.0 Å². The van der Waals surface area contributed by atoms with Gasteiger partial charge < -0.3 is 10.3 Å². The number of amides is 1. The Bertz CT molecular complexity index is 1010. The molecule has 0 aliphatic rings. The van der Waals surface area contributed by atoms with E-state index in [-0.39, 0.29) is 23.9 Å². The lowest BCUT2D eigenvalue weighted by Gasteiger charge is -2.06. The average Bonchev–Trinajstić information content (AvgIpc) is 3.07. The molecule has 8 heteroatoms.